The van der Waals surface area contributed by atoms with Gasteiger partial charge in [0.05, 0.1) is 19.3 Å². The summed E-state index contributed by atoms with van der Waals surface area (Å²) in [6.45, 7) is 1.53. The first-order valence-electron chi connectivity index (χ1n) is 7.92. The summed E-state index contributed by atoms with van der Waals surface area (Å²) in [5.41, 5.74) is 3.51. The Morgan fingerprint density at radius 3 is 1.71 bits per heavy atom. The molecule has 3 heteroatoms. The molecule has 0 aliphatic heterocycles. The molecule has 0 saturated carbocycles. The van der Waals surface area contributed by atoms with Gasteiger partial charge in [0.25, 0.3) is 0 Å². The van der Waals surface area contributed by atoms with E-state index in [1.807, 2.05) is 42.6 Å². The van der Waals surface area contributed by atoms with Gasteiger partial charge in [0.2, 0.25) is 0 Å². The van der Waals surface area contributed by atoms with Crippen LogP contribution in [0.4, 0.5) is 0 Å². The van der Waals surface area contributed by atoms with Crippen LogP contribution >= 0.6 is 11.6 Å². The first-order chi connectivity index (χ1) is 11.8. The molecule has 0 aliphatic rings. The molecule has 0 radical (unpaired) electrons. The first-order valence-corrected chi connectivity index (χ1v) is 8.30. The van der Waals surface area contributed by atoms with Crippen LogP contribution in [-0.4, -0.2) is 11.2 Å². The summed E-state index contributed by atoms with van der Waals surface area (Å²) in [5, 5.41) is 7.48. The fourth-order valence-corrected chi connectivity index (χ4v) is 2.55. The minimum Gasteiger partial charge on any atom is -0.288 e. The zero-order valence-corrected chi connectivity index (χ0v) is 14.1. The fourth-order valence-electron chi connectivity index (χ4n) is 2.42. The molecule has 0 N–H and O–H groups in total. The van der Waals surface area contributed by atoms with Gasteiger partial charge in [-0.2, -0.15) is 5.10 Å². The molecule has 120 valence electrons. The highest BCUT2D eigenvalue weighted by Gasteiger charge is 2.04. The molecule has 0 heterocycles. The van der Waals surface area contributed by atoms with E-state index in [2.05, 4.69) is 58.6 Å². The number of hydrazone groups is 1. The lowest BCUT2D eigenvalue weighted by Crippen LogP contribution is -2.17. The lowest BCUT2D eigenvalue weighted by molar-refractivity contribution is 0.272. The Hall–Kier alpha value is -2.58. The minimum atomic E-state index is 0.734. The normalized spacial score (nSPS) is 10.9. The van der Waals surface area contributed by atoms with Gasteiger partial charge in [-0.05, 0) is 28.8 Å². The molecule has 0 atom stereocenters. The molecule has 0 fully saturated rings. The van der Waals surface area contributed by atoms with Gasteiger partial charge in [-0.3, -0.25) is 5.01 Å². The van der Waals surface area contributed by atoms with Crippen molar-refractivity contribution >= 4 is 17.8 Å². The Bertz CT molecular complexity index is 726. The average molecular weight is 335 g/mol. The van der Waals surface area contributed by atoms with Crippen LogP contribution in [0.2, 0.25) is 5.02 Å². The monoisotopic (exact) mass is 334 g/mol. The lowest BCUT2D eigenvalue weighted by Gasteiger charge is -2.19. The van der Waals surface area contributed by atoms with Crippen LogP contribution in [0.5, 0.6) is 0 Å². The van der Waals surface area contributed by atoms with E-state index in [0.717, 1.165) is 23.7 Å². The number of benzene rings is 3. The van der Waals surface area contributed by atoms with Crippen molar-refractivity contribution in [3.63, 3.8) is 0 Å². The Morgan fingerprint density at radius 2 is 1.21 bits per heavy atom. The quantitative estimate of drug-likeness (QED) is 0.436. The van der Waals surface area contributed by atoms with E-state index >= 15 is 0 Å². The Morgan fingerprint density at radius 1 is 0.708 bits per heavy atom. The molecule has 0 aliphatic carbocycles. The maximum atomic E-state index is 5.93. The minimum absolute atomic E-state index is 0.734. The Kier molecular flexibility index (Phi) is 5.65. The van der Waals surface area contributed by atoms with Crippen molar-refractivity contribution in [1.29, 1.82) is 0 Å². The number of nitrogens with zero attached hydrogens (tertiary/aromatic N) is 2. The van der Waals surface area contributed by atoms with Gasteiger partial charge in [-0.25, -0.2) is 0 Å². The summed E-state index contributed by atoms with van der Waals surface area (Å²) < 4.78 is 0. The summed E-state index contributed by atoms with van der Waals surface area (Å²) in [4.78, 5) is 0. The van der Waals surface area contributed by atoms with Crippen molar-refractivity contribution in [2.45, 2.75) is 13.1 Å². The molecule has 0 spiro atoms. The molecule has 0 unspecified atom stereocenters. The number of hydrogen-bond acceptors (Lipinski definition) is 2. The zero-order chi connectivity index (χ0) is 16.6. The van der Waals surface area contributed by atoms with Gasteiger partial charge in [-0.15, -0.1) is 0 Å². The molecule has 0 bridgehead atoms. The molecule has 0 amide bonds. The molecule has 2 nitrogen and oxygen atoms in total. The SMILES string of the molecule is Clc1ccc(/C=N\N(Cc2ccccc2)Cc2ccccc2)cc1. The van der Waals surface area contributed by atoms with Crippen LogP contribution in [0.25, 0.3) is 0 Å². The summed E-state index contributed by atoms with van der Waals surface area (Å²) in [6.07, 6.45) is 1.88. The van der Waals surface area contributed by atoms with Crippen molar-refractivity contribution in [1.82, 2.24) is 5.01 Å². The molecular weight excluding hydrogens is 316 g/mol. The van der Waals surface area contributed by atoms with E-state index in [1.165, 1.54) is 11.1 Å². The number of rotatable bonds is 6. The van der Waals surface area contributed by atoms with E-state index in [1.54, 1.807) is 0 Å². The lowest BCUT2D eigenvalue weighted by atomic mass is 10.2. The molecule has 3 aromatic carbocycles. The standard InChI is InChI=1S/C21H19ClN2/c22-21-13-11-18(12-14-21)15-23-24(16-19-7-3-1-4-8-19)17-20-9-5-2-6-10-20/h1-15H,16-17H2/b23-15-. The van der Waals surface area contributed by atoms with Crippen LogP contribution in [0, 0.1) is 0 Å². The van der Waals surface area contributed by atoms with E-state index < -0.39 is 0 Å². The van der Waals surface area contributed by atoms with Gasteiger partial charge in [0.15, 0.2) is 0 Å². The van der Waals surface area contributed by atoms with Crippen molar-refractivity contribution in [3.05, 3.63) is 107 Å². The molecule has 24 heavy (non-hydrogen) atoms. The third kappa shape index (κ3) is 4.97. The summed E-state index contributed by atoms with van der Waals surface area (Å²) in [6, 6.07) is 28.4. The first kappa shape index (κ1) is 16.3. The summed E-state index contributed by atoms with van der Waals surface area (Å²) >= 11 is 5.93. The average Bonchev–Trinajstić information content (AvgIpc) is 2.63. The topological polar surface area (TPSA) is 15.6 Å². The third-order valence-corrected chi connectivity index (χ3v) is 3.91. The zero-order valence-electron chi connectivity index (χ0n) is 13.3. The van der Waals surface area contributed by atoms with Gasteiger partial charge >= 0.3 is 0 Å². The fraction of sp³-hybridized carbons (Fsp3) is 0.0952. The van der Waals surface area contributed by atoms with Crippen molar-refractivity contribution < 1.29 is 0 Å². The second-order valence-electron chi connectivity index (χ2n) is 5.59. The molecule has 0 aromatic heterocycles. The molecule has 3 aromatic rings. The molecular formula is C21H19ClN2. The second-order valence-corrected chi connectivity index (χ2v) is 6.03. The van der Waals surface area contributed by atoms with Gasteiger partial charge in [-0.1, -0.05) is 84.4 Å². The van der Waals surface area contributed by atoms with Gasteiger partial charge < -0.3 is 0 Å². The Balaban J connectivity index is 1.77. The predicted octanol–water partition coefficient (Wildman–Crippen LogP) is 5.38. The smallest absolute Gasteiger partial charge is 0.0614 e. The number of halogens is 1. The maximum absolute atomic E-state index is 5.93. The van der Waals surface area contributed by atoms with Crippen LogP contribution < -0.4 is 0 Å². The van der Waals surface area contributed by atoms with Crippen molar-refractivity contribution in [3.8, 4) is 0 Å². The van der Waals surface area contributed by atoms with E-state index in [9.17, 15) is 0 Å². The highest BCUT2D eigenvalue weighted by atomic mass is 35.5. The maximum Gasteiger partial charge on any atom is 0.0614 e. The highest BCUT2D eigenvalue weighted by Crippen LogP contribution is 2.12. The van der Waals surface area contributed by atoms with E-state index in [-0.39, 0.29) is 0 Å². The summed E-state index contributed by atoms with van der Waals surface area (Å²) in [7, 11) is 0. The van der Waals surface area contributed by atoms with Crippen molar-refractivity contribution in [2.75, 3.05) is 0 Å². The predicted molar refractivity (Wildman–Crippen MR) is 101 cm³/mol. The van der Waals surface area contributed by atoms with E-state index in [4.69, 9.17) is 11.6 Å². The van der Waals surface area contributed by atoms with Crippen molar-refractivity contribution in [2.24, 2.45) is 5.10 Å². The molecule has 3 rings (SSSR count). The Labute approximate surface area is 148 Å². The van der Waals surface area contributed by atoms with Gasteiger partial charge in [0, 0.05) is 5.02 Å². The van der Waals surface area contributed by atoms with E-state index in [0.29, 0.717) is 0 Å². The van der Waals surface area contributed by atoms with Crippen LogP contribution in [0.15, 0.2) is 90.0 Å². The highest BCUT2D eigenvalue weighted by molar-refractivity contribution is 6.30. The van der Waals surface area contributed by atoms with Crippen LogP contribution in [-0.2, 0) is 13.1 Å². The van der Waals surface area contributed by atoms with Crippen LogP contribution in [0.3, 0.4) is 0 Å². The second kappa shape index (κ2) is 8.32. The van der Waals surface area contributed by atoms with Gasteiger partial charge in [0.1, 0.15) is 0 Å². The summed E-state index contributed by atoms with van der Waals surface area (Å²) in [5.74, 6) is 0. The number of hydrogen-bond donors (Lipinski definition) is 0. The largest absolute Gasteiger partial charge is 0.288 e. The van der Waals surface area contributed by atoms with Crippen LogP contribution in [0.1, 0.15) is 16.7 Å². The molecule has 0 saturated heterocycles. The third-order valence-electron chi connectivity index (χ3n) is 3.66.